The molecule has 0 rings (SSSR count). The van der Waals surface area contributed by atoms with E-state index >= 15 is 0 Å². The van der Waals surface area contributed by atoms with E-state index in [1.54, 1.807) is 0 Å². The van der Waals surface area contributed by atoms with Crippen LogP contribution >= 0.6 is 7.82 Å². The maximum Gasteiger partial charge on any atom is 0.472 e. The normalized spacial score (nSPS) is 13.9. The second kappa shape index (κ2) is 41.3. The Morgan fingerprint density at radius 3 is 1.47 bits per heavy atom. The third kappa shape index (κ3) is 41.2. The second-order valence-electron chi connectivity index (χ2n) is 14.2. The average Bonchev–Trinajstić information content (AvgIpc) is 3.17. The summed E-state index contributed by atoms with van der Waals surface area (Å²) in [6.45, 7) is 3.64. The quantitative estimate of drug-likeness (QED) is 0.0269. The third-order valence-corrected chi connectivity index (χ3v) is 9.86. The summed E-state index contributed by atoms with van der Waals surface area (Å²) in [7, 11) is -4.39. The Hall–Kier alpha value is -2.29. The van der Waals surface area contributed by atoms with Crippen molar-refractivity contribution in [2.45, 2.75) is 187 Å². The van der Waals surface area contributed by atoms with Crippen LogP contribution in [-0.2, 0) is 32.7 Å². The van der Waals surface area contributed by atoms with Crippen LogP contribution in [0.25, 0.3) is 0 Å². The molecule has 0 bridgehead atoms. The highest BCUT2D eigenvalue weighted by atomic mass is 31.2. The Bertz CT molecular complexity index is 1090. The van der Waals surface area contributed by atoms with Gasteiger partial charge in [0.2, 0.25) is 0 Å². The highest BCUT2D eigenvalue weighted by Crippen LogP contribution is 2.43. The summed E-state index contributed by atoms with van der Waals surface area (Å²) in [5.74, 6) is -0.877. The summed E-state index contributed by atoms with van der Waals surface area (Å²) in [6.07, 6.45) is 48.2. The molecule has 0 spiro atoms. The van der Waals surface area contributed by atoms with Crippen LogP contribution in [0.1, 0.15) is 181 Å². The minimum absolute atomic E-state index is 0.0451. The molecule has 2 atom stereocenters. The van der Waals surface area contributed by atoms with Crippen molar-refractivity contribution >= 4 is 19.8 Å². The lowest BCUT2D eigenvalue weighted by atomic mass is 10.1. The Balaban J connectivity index is 4.24. The topological polar surface area (TPSA) is 134 Å². The average molecular weight is 794 g/mol. The zero-order valence-corrected chi connectivity index (χ0v) is 35.8. The van der Waals surface area contributed by atoms with Gasteiger partial charge in [-0.25, -0.2) is 4.57 Å². The van der Waals surface area contributed by atoms with E-state index in [1.807, 2.05) is 0 Å². The molecule has 0 fully saturated rings. The number of esters is 2. The maximum absolute atomic E-state index is 12.6. The van der Waals surface area contributed by atoms with E-state index in [0.29, 0.717) is 12.8 Å². The molecular formula is C45H80NO8P. The number of nitrogens with two attached hydrogens (primary N) is 1. The predicted octanol–water partition coefficient (Wildman–Crippen LogP) is 12.5. The maximum atomic E-state index is 12.6. The Kier molecular flexibility index (Phi) is 39.6. The van der Waals surface area contributed by atoms with Gasteiger partial charge in [0.1, 0.15) is 6.61 Å². The van der Waals surface area contributed by atoms with Crippen LogP contribution in [0.3, 0.4) is 0 Å². The summed E-state index contributed by atoms with van der Waals surface area (Å²) in [5, 5.41) is 0. The smallest absolute Gasteiger partial charge is 0.462 e. The minimum Gasteiger partial charge on any atom is -0.462 e. The lowest BCUT2D eigenvalue weighted by molar-refractivity contribution is -0.161. The zero-order valence-electron chi connectivity index (χ0n) is 34.9. The number of carbonyl (C=O) groups is 2. The van der Waals surface area contributed by atoms with Crippen molar-refractivity contribution in [1.29, 1.82) is 0 Å². The first-order valence-corrected chi connectivity index (χ1v) is 23.3. The van der Waals surface area contributed by atoms with Crippen LogP contribution in [-0.4, -0.2) is 49.3 Å². The standard InChI is InChI=1S/C45H80NO8P/c1-3-5-7-9-11-13-15-17-19-20-21-22-24-25-27-29-31-33-35-37-44(47)51-41-43(42-53-55(49,50)52-40-39-46)54-45(48)38-36-34-32-30-28-26-23-18-16-14-12-10-8-6-4-2/h11,13,17-19,21-23,25,27,43H,3-10,12,14-16,20,24,26,28-42,46H2,1-2H3,(H,49,50)/b13-11+,19-17+,22-21+,23-18+,27-25+/t43-/m1/s1. The molecule has 10 heteroatoms. The molecule has 318 valence electrons. The van der Waals surface area contributed by atoms with Gasteiger partial charge in [-0.15, -0.1) is 0 Å². The lowest BCUT2D eigenvalue weighted by Crippen LogP contribution is -2.29. The zero-order chi connectivity index (χ0) is 40.3. The van der Waals surface area contributed by atoms with E-state index in [2.05, 4.69) is 74.6 Å². The van der Waals surface area contributed by atoms with Gasteiger partial charge in [0.15, 0.2) is 6.10 Å². The van der Waals surface area contributed by atoms with Crippen LogP contribution in [0.15, 0.2) is 60.8 Å². The van der Waals surface area contributed by atoms with Crippen molar-refractivity contribution in [3.63, 3.8) is 0 Å². The number of phosphoric acid groups is 1. The molecule has 0 aromatic carbocycles. The van der Waals surface area contributed by atoms with E-state index in [9.17, 15) is 19.0 Å². The number of phosphoric ester groups is 1. The number of carbonyl (C=O) groups excluding carboxylic acids is 2. The van der Waals surface area contributed by atoms with E-state index in [0.717, 1.165) is 70.6 Å². The Labute approximate surface area is 336 Å². The first kappa shape index (κ1) is 52.7. The van der Waals surface area contributed by atoms with Gasteiger partial charge in [-0.05, 0) is 83.5 Å². The van der Waals surface area contributed by atoms with Gasteiger partial charge < -0.3 is 20.1 Å². The molecule has 0 aliphatic carbocycles. The molecule has 0 aliphatic heterocycles. The molecule has 0 aromatic rings. The fraction of sp³-hybridized carbons (Fsp3) is 0.733. The van der Waals surface area contributed by atoms with Gasteiger partial charge in [0.05, 0.1) is 13.2 Å². The van der Waals surface area contributed by atoms with Crippen LogP contribution in [0, 0.1) is 0 Å². The summed E-state index contributed by atoms with van der Waals surface area (Å²) in [6, 6.07) is 0. The first-order chi connectivity index (χ1) is 26.8. The van der Waals surface area contributed by atoms with Crippen molar-refractivity contribution in [3.05, 3.63) is 60.8 Å². The summed E-state index contributed by atoms with van der Waals surface area (Å²) in [5.41, 5.74) is 5.34. The molecule has 3 N–H and O–H groups in total. The molecule has 0 heterocycles. The molecule has 0 radical (unpaired) electrons. The molecule has 0 saturated heterocycles. The molecule has 0 saturated carbocycles. The van der Waals surface area contributed by atoms with E-state index in [4.69, 9.17) is 24.3 Å². The first-order valence-electron chi connectivity index (χ1n) is 21.8. The number of hydrogen-bond acceptors (Lipinski definition) is 8. The van der Waals surface area contributed by atoms with Gasteiger partial charge in [-0.2, -0.15) is 0 Å². The number of rotatable bonds is 40. The van der Waals surface area contributed by atoms with Crippen molar-refractivity contribution in [2.75, 3.05) is 26.4 Å². The third-order valence-electron chi connectivity index (χ3n) is 8.88. The van der Waals surface area contributed by atoms with Gasteiger partial charge in [0.25, 0.3) is 0 Å². The number of unbranched alkanes of at least 4 members (excludes halogenated alkanes) is 17. The van der Waals surface area contributed by atoms with Crippen LogP contribution in [0.4, 0.5) is 0 Å². The van der Waals surface area contributed by atoms with E-state index < -0.39 is 32.5 Å². The molecule has 55 heavy (non-hydrogen) atoms. The molecular weight excluding hydrogens is 713 g/mol. The lowest BCUT2D eigenvalue weighted by Gasteiger charge is -2.19. The van der Waals surface area contributed by atoms with Crippen molar-refractivity contribution in [3.8, 4) is 0 Å². The summed E-state index contributed by atoms with van der Waals surface area (Å²) in [4.78, 5) is 34.9. The summed E-state index contributed by atoms with van der Waals surface area (Å²) < 4.78 is 32.7. The van der Waals surface area contributed by atoms with Gasteiger partial charge >= 0.3 is 19.8 Å². The Morgan fingerprint density at radius 2 is 0.945 bits per heavy atom. The molecule has 0 amide bonds. The van der Waals surface area contributed by atoms with Gasteiger partial charge in [-0.3, -0.25) is 18.6 Å². The highest BCUT2D eigenvalue weighted by Gasteiger charge is 2.26. The van der Waals surface area contributed by atoms with Crippen molar-refractivity contribution in [2.24, 2.45) is 5.73 Å². The number of ether oxygens (including phenoxy) is 2. The number of hydrogen-bond donors (Lipinski definition) is 2. The molecule has 0 aliphatic rings. The Morgan fingerprint density at radius 1 is 0.545 bits per heavy atom. The predicted molar refractivity (Wildman–Crippen MR) is 229 cm³/mol. The minimum atomic E-state index is -4.39. The van der Waals surface area contributed by atoms with Crippen LogP contribution in [0.2, 0.25) is 0 Å². The van der Waals surface area contributed by atoms with Crippen molar-refractivity contribution in [1.82, 2.24) is 0 Å². The van der Waals surface area contributed by atoms with Gasteiger partial charge in [-0.1, -0.05) is 145 Å². The fourth-order valence-electron chi connectivity index (χ4n) is 5.61. The largest absolute Gasteiger partial charge is 0.472 e. The molecule has 9 nitrogen and oxygen atoms in total. The SMILES string of the molecule is CCCCC/C=C/C/C=C/C/C=C/C/C=C/CCCCCC(=O)OC[C@H](COP(=O)(O)OCCN)OC(=O)CCCCCCC/C=C/CCCCCCCC. The van der Waals surface area contributed by atoms with Crippen molar-refractivity contribution < 1.29 is 37.6 Å². The number of allylic oxidation sites excluding steroid dienone is 10. The second-order valence-corrected chi connectivity index (χ2v) is 15.7. The van der Waals surface area contributed by atoms with Gasteiger partial charge in [0, 0.05) is 19.4 Å². The highest BCUT2D eigenvalue weighted by molar-refractivity contribution is 7.47. The molecule has 1 unspecified atom stereocenters. The fourth-order valence-corrected chi connectivity index (χ4v) is 6.38. The molecule has 0 aromatic heterocycles. The van der Waals surface area contributed by atoms with Crippen LogP contribution < -0.4 is 5.73 Å². The summed E-state index contributed by atoms with van der Waals surface area (Å²) >= 11 is 0. The monoisotopic (exact) mass is 794 g/mol. The van der Waals surface area contributed by atoms with E-state index in [1.165, 1.54) is 70.6 Å². The van der Waals surface area contributed by atoms with Crippen LogP contribution in [0.5, 0.6) is 0 Å². The van der Waals surface area contributed by atoms with E-state index in [-0.39, 0.29) is 32.6 Å².